The first kappa shape index (κ1) is 19.0. The molecule has 5 heteroatoms. The molecule has 0 heterocycles. The Hall–Kier alpha value is -2.29. The fourth-order valence-electron chi connectivity index (χ4n) is 2.02. The van der Waals surface area contributed by atoms with E-state index in [0.717, 1.165) is 10.5 Å². The smallest absolute Gasteiger partial charge is 0.321 e. The van der Waals surface area contributed by atoms with Gasteiger partial charge in [0.25, 0.3) is 0 Å². The molecule has 0 aliphatic heterocycles. The zero-order valence-corrected chi connectivity index (χ0v) is 15.2. The molecule has 25 heavy (non-hydrogen) atoms. The number of nitrogens with one attached hydrogen (secondary N) is 1. The van der Waals surface area contributed by atoms with E-state index in [9.17, 15) is 9.18 Å². The second-order valence-corrected chi connectivity index (χ2v) is 6.93. The molecule has 1 unspecified atom stereocenters. The van der Waals surface area contributed by atoms with E-state index in [0.29, 0.717) is 11.1 Å². The van der Waals surface area contributed by atoms with E-state index in [1.807, 2.05) is 38.1 Å². The Labute approximate surface area is 151 Å². The molecular weight excluding hydrogens is 337 g/mol. The molecule has 0 bridgehead atoms. The van der Waals surface area contributed by atoms with Crippen LogP contribution < -0.4 is 4.72 Å². The molecule has 2 N–H and O–H groups in total. The number of carbonyl (C=O) groups is 1. The average molecular weight is 357 g/mol. The molecule has 2 aromatic rings. The summed E-state index contributed by atoms with van der Waals surface area (Å²) < 4.78 is 16.5. The second kappa shape index (κ2) is 8.70. The van der Waals surface area contributed by atoms with Crippen LogP contribution in [0.1, 0.15) is 30.5 Å². The normalized spacial score (nSPS) is 11.7. The van der Waals surface area contributed by atoms with Crippen LogP contribution in [-0.4, -0.2) is 17.1 Å². The van der Waals surface area contributed by atoms with Crippen molar-refractivity contribution in [1.82, 2.24) is 4.72 Å². The van der Waals surface area contributed by atoms with Gasteiger partial charge in [0.05, 0.1) is 0 Å². The summed E-state index contributed by atoms with van der Waals surface area (Å²) in [4.78, 5) is 12.1. The minimum atomic E-state index is -0.865. The van der Waals surface area contributed by atoms with E-state index in [1.54, 1.807) is 19.1 Å². The number of carboxylic acids is 1. The Balaban J connectivity index is 2.01. The highest BCUT2D eigenvalue weighted by Gasteiger charge is 2.20. The molecule has 0 spiro atoms. The van der Waals surface area contributed by atoms with Crippen LogP contribution in [-0.2, 0) is 4.79 Å². The Bertz CT molecular complexity index is 807. The largest absolute Gasteiger partial charge is 0.480 e. The summed E-state index contributed by atoms with van der Waals surface area (Å²) in [7, 11) is 0. The van der Waals surface area contributed by atoms with Gasteiger partial charge in [-0.3, -0.25) is 4.79 Å². The van der Waals surface area contributed by atoms with Crippen molar-refractivity contribution in [2.75, 3.05) is 0 Å². The lowest BCUT2D eigenvalue weighted by Crippen LogP contribution is -2.36. The van der Waals surface area contributed by atoms with Gasteiger partial charge in [0.15, 0.2) is 0 Å². The first-order chi connectivity index (χ1) is 11.9. The number of hydrogen-bond acceptors (Lipinski definition) is 3. The van der Waals surface area contributed by atoms with Crippen molar-refractivity contribution in [3.63, 3.8) is 0 Å². The van der Waals surface area contributed by atoms with Crippen molar-refractivity contribution >= 4 is 17.9 Å². The molecule has 0 saturated heterocycles. The van der Waals surface area contributed by atoms with Crippen molar-refractivity contribution in [2.45, 2.75) is 31.7 Å². The van der Waals surface area contributed by atoms with Gasteiger partial charge in [-0.05, 0) is 66.8 Å². The molecule has 0 aromatic heterocycles. The van der Waals surface area contributed by atoms with Gasteiger partial charge >= 0.3 is 5.97 Å². The minimum absolute atomic E-state index is 0.00922. The predicted octanol–water partition coefficient (Wildman–Crippen LogP) is 4.24. The highest BCUT2D eigenvalue weighted by atomic mass is 32.2. The molecular formula is C20H20FNO2S. The lowest BCUT2D eigenvalue weighted by atomic mass is 10.1. The maximum atomic E-state index is 13.5. The van der Waals surface area contributed by atoms with Crippen molar-refractivity contribution < 1.29 is 14.3 Å². The van der Waals surface area contributed by atoms with E-state index in [4.69, 9.17) is 5.11 Å². The van der Waals surface area contributed by atoms with Gasteiger partial charge in [-0.15, -0.1) is 0 Å². The third-order valence-corrected chi connectivity index (χ3v) is 4.49. The molecule has 0 fully saturated rings. The van der Waals surface area contributed by atoms with E-state index >= 15 is 0 Å². The zero-order chi connectivity index (χ0) is 18.4. The van der Waals surface area contributed by atoms with Crippen LogP contribution in [0.4, 0.5) is 4.39 Å². The Morgan fingerprint density at radius 1 is 1.12 bits per heavy atom. The Morgan fingerprint density at radius 2 is 1.72 bits per heavy atom. The van der Waals surface area contributed by atoms with Gasteiger partial charge in [0.2, 0.25) is 0 Å². The van der Waals surface area contributed by atoms with Crippen LogP contribution >= 0.6 is 11.9 Å². The number of halogens is 1. The molecule has 0 aliphatic rings. The Morgan fingerprint density at radius 3 is 2.28 bits per heavy atom. The summed E-state index contributed by atoms with van der Waals surface area (Å²) in [6.45, 7) is 5.43. The molecule has 0 amide bonds. The van der Waals surface area contributed by atoms with Crippen molar-refractivity contribution in [2.24, 2.45) is 5.92 Å². The number of aliphatic carboxylic acids is 1. The monoisotopic (exact) mass is 357 g/mol. The van der Waals surface area contributed by atoms with Gasteiger partial charge in [-0.2, -0.15) is 0 Å². The molecule has 3 nitrogen and oxygen atoms in total. The summed E-state index contributed by atoms with van der Waals surface area (Å²) in [6, 6.07) is 11.8. The van der Waals surface area contributed by atoms with Crippen LogP contribution in [0.25, 0.3) is 0 Å². The van der Waals surface area contributed by atoms with E-state index < -0.39 is 12.0 Å². The molecule has 0 aliphatic carbocycles. The summed E-state index contributed by atoms with van der Waals surface area (Å²) in [5, 5.41) is 9.16. The van der Waals surface area contributed by atoms with Gasteiger partial charge in [-0.25, -0.2) is 9.11 Å². The molecule has 1 atom stereocenters. The van der Waals surface area contributed by atoms with Crippen LogP contribution in [0.15, 0.2) is 47.4 Å². The predicted molar refractivity (Wildman–Crippen MR) is 98.8 cm³/mol. The lowest BCUT2D eigenvalue weighted by molar-refractivity contribution is -0.139. The summed E-state index contributed by atoms with van der Waals surface area (Å²) in [5.41, 5.74) is 2.04. The third-order valence-electron chi connectivity index (χ3n) is 3.61. The summed E-state index contributed by atoms with van der Waals surface area (Å²) in [6.07, 6.45) is 0. The highest BCUT2D eigenvalue weighted by molar-refractivity contribution is 7.97. The Kier molecular flexibility index (Phi) is 6.63. The van der Waals surface area contributed by atoms with Gasteiger partial charge in [-0.1, -0.05) is 31.8 Å². The van der Waals surface area contributed by atoms with Gasteiger partial charge in [0, 0.05) is 16.0 Å². The quantitative estimate of drug-likeness (QED) is 0.621. The van der Waals surface area contributed by atoms with Crippen LogP contribution in [0.5, 0.6) is 0 Å². The summed E-state index contributed by atoms with van der Waals surface area (Å²) >= 11 is 1.28. The average Bonchev–Trinajstić information content (AvgIpc) is 2.56. The minimum Gasteiger partial charge on any atom is -0.480 e. The van der Waals surface area contributed by atoms with Crippen LogP contribution in [0.2, 0.25) is 0 Å². The van der Waals surface area contributed by atoms with Crippen LogP contribution in [0, 0.1) is 30.5 Å². The fraction of sp³-hybridized carbons (Fsp3) is 0.250. The van der Waals surface area contributed by atoms with Crippen molar-refractivity contribution in [3.8, 4) is 11.8 Å². The number of benzene rings is 2. The van der Waals surface area contributed by atoms with E-state index in [2.05, 4.69) is 16.6 Å². The van der Waals surface area contributed by atoms with E-state index in [1.165, 1.54) is 18.0 Å². The molecule has 2 rings (SSSR count). The first-order valence-electron chi connectivity index (χ1n) is 7.90. The first-order valence-corrected chi connectivity index (χ1v) is 8.72. The number of aryl methyl sites for hydroxylation is 1. The SMILES string of the molecule is Cc1ccc(C#Cc2ccc(SNC(C(=O)O)C(C)C)cc2)cc1F. The maximum absolute atomic E-state index is 13.5. The van der Waals surface area contributed by atoms with Crippen molar-refractivity contribution in [3.05, 3.63) is 65.0 Å². The van der Waals surface area contributed by atoms with Gasteiger partial charge < -0.3 is 5.11 Å². The fourth-order valence-corrected chi connectivity index (χ4v) is 2.93. The maximum Gasteiger partial charge on any atom is 0.321 e. The van der Waals surface area contributed by atoms with Crippen LogP contribution in [0.3, 0.4) is 0 Å². The molecule has 2 aromatic carbocycles. The third kappa shape index (κ3) is 5.63. The molecule has 0 saturated carbocycles. The molecule has 130 valence electrons. The number of hydrogen-bond donors (Lipinski definition) is 2. The number of carboxylic acid groups (broad SMARTS) is 1. The summed E-state index contributed by atoms with van der Waals surface area (Å²) in [5.74, 6) is 4.80. The number of rotatable bonds is 5. The molecule has 0 radical (unpaired) electrons. The van der Waals surface area contributed by atoms with Gasteiger partial charge in [0.1, 0.15) is 11.9 Å². The zero-order valence-electron chi connectivity index (χ0n) is 14.3. The topological polar surface area (TPSA) is 49.3 Å². The second-order valence-electron chi connectivity index (χ2n) is 6.02. The van der Waals surface area contributed by atoms with E-state index in [-0.39, 0.29) is 11.7 Å². The standard InChI is InChI=1S/C20H20FNO2S/c1-13(2)19(20(23)24)22-25-17-10-8-15(9-11-17)6-7-16-5-4-14(3)18(21)12-16/h4-5,8-13,19,22H,1-3H3,(H,23,24). The lowest BCUT2D eigenvalue weighted by Gasteiger charge is -2.16. The highest BCUT2D eigenvalue weighted by Crippen LogP contribution is 2.18. The van der Waals surface area contributed by atoms with Crippen molar-refractivity contribution in [1.29, 1.82) is 0 Å².